The maximum absolute atomic E-state index is 11.2. The molecule has 2 aliphatic heterocycles. The summed E-state index contributed by atoms with van der Waals surface area (Å²) in [5.74, 6) is 0.378. The Labute approximate surface area is 117 Å². The number of phenols is 1. The lowest BCUT2D eigenvalue weighted by atomic mass is 9.95. The molecule has 3 rings (SSSR count). The summed E-state index contributed by atoms with van der Waals surface area (Å²) in [5.41, 5.74) is 3.32. The van der Waals surface area contributed by atoms with E-state index in [0.29, 0.717) is 6.42 Å². The van der Waals surface area contributed by atoms with Gasteiger partial charge >= 0.3 is 5.97 Å². The molecule has 3 N–H and O–H groups in total. The molecule has 20 heavy (non-hydrogen) atoms. The van der Waals surface area contributed by atoms with Crippen LogP contribution < -0.4 is 10.2 Å². The van der Waals surface area contributed by atoms with E-state index >= 15 is 0 Å². The van der Waals surface area contributed by atoms with E-state index in [2.05, 4.69) is 5.32 Å². The average molecular weight is 274 g/mol. The second-order valence-electron chi connectivity index (χ2n) is 5.43. The van der Waals surface area contributed by atoms with Gasteiger partial charge in [0.15, 0.2) is 0 Å². The van der Waals surface area contributed by atoms with Gasteiger partial charge in [0.2, 0.25) is 0 Å². The number of allylic oxidation sites excluding steroid dienone is 1. The number of fused-ring (bicyclic) bond motifs is 1. The number of rotatable bonds is 1. The molecule has 0 spiro atoms. The first-order valence-electron chi connectivity index (χ1n) is 6.83. The quantitative estimate of drug-likeness (QED) is 0.728. The molecule has 2 aliphatic rings. The number of hydrogen-bond donors (Lipinski definition) is 3. The second kappa shape index (κ2) is 4.74. The number of hydrogen-bond acceptors (Lipinski definition) is 4. The molecular weight excluding hydrogens is 256 g/mol. The van der Waals surface area contributed by atoms with E-state index in [1.54, 1.807) is 12.1 Å². The van der Waals surface area contributed by atoms with Crippen LogP contribution in [0.1, 0.15) is 24.8 Å². The third-order valence-corrected chi connectivity index (χ3v) is 4.08. The van der Waals surface area contributed by atoms with E-state index in [1.165, 1.54) is 5.57 Å². The smallest absolute Gasteiger partial charge is 0.326 e. The molecule has 2 heterocycles. The average Bonchev–Trinajstić information content (AvgIpc) is 2.61. The van der Waals surface area contributed by atoms with E-state index in [1.807, 2.05) is 18.0 Å². The molecule has 1 unspecified atom stereocenters. The third kappa shape index (κ3) is 2.09. The second-order valence-corrected chi connectivity index (χ2v) is 5.43. The van der Waals surface area contributed by atoms with Crippen LogP contribution in [0.3, 0.4) is 0 Å². The minimum Gasteiger partial charge on any atom is -0.508 e. The van der Waals surface area contributed by atoms with Gasteiger partial charge in [-0.05, 0) is 55.0 Å². The van der Waals surface area contributed by atoms with E-state index < -0.39 is 12.0 Å². The van der Waals surface area contributed by atoms with Crippen LogP contribution in [0.15, 0.2) is 29.6 Å². The van der Waals surface area contributed by atoms with Gasteiger partial charge in [0.05, 0.1) is 0 Å². The molecule has 0 saturated heterocycles. The standard InChI is InChI=1S/C15H18N2O3/c1-17-13-6-5-11(18)8-10(13)7-9-3-2-4-12(15(19)20)16-14(9)17/h5-6,8,12,16,18H,2-4,7H2,1H3,(H,19,20). The summed E-state index contributed by atoms with van der Waals surface area (Å²) in [7, 11) is 1.93. The first-order valence-corrected chi connectivity index (χ1v) is 6.83. The lowest BCUT2D eigenvalue weighted by molar-refractivity contribution is -0.139. The van der Waals surface area contributed by atoms with E-state index in [-0.39, 0.29) is 5.75 Å². The number of nitrogens with one attached hydrogen (secondary N) is 1. The summed E-state index contributed by atoms with van der Waals surface area (Å²) < 4.78 is 0. The first-order chi connectivity index (χ1) is 9.56. The monoisotopic (exact) mass is 274 g/mol. The topological polar surface area (TPSA) is 72.8 Å². The molecule has 5 heteroatoms. The molecule has 0 saturated carbocycles. The zero-order chi connectivity index (χ0) is 14.3. The van der Waals surface area contributed by atoms with Gasteiger partial charge < -0.3 is 20.4 Å². The van der Waals surface area contributed by atoms with Gasteiger partial charge in [-0.25, -0.2) is 4.79 Å². The minimum absolute atomic E-state index is 0.270. The van der Waals surface area contributed by atoms with Crippen LogP contribution in [-0.2, 0) is 11.2 Å². The summed E-state index contributed by atoms with van der Waals surface area (Å²) in [4.78, 5) is 13.2. The van der Waals surface area contributed by atoms with Gasteiger partial charge in [-0.1, -0.05) is 0 Å². The number of carbonyl (C=O) groups is 1. The Morgan fingerprint density at radius 2 is 2.25 bits per heavy atom. The predicted molar refractivity (Wildman–Crippen MR) is 75.7 cm³/mol. The lowest BCUT2D eigenvalue weighted by Crippen LogP contribution is -2.42. The Bertz CT molecular complexity index is 595. The number of phenolic OH excluding ortho intramolecular Hbond substituents is 1. The first kappa shape index (κ1) is 12.8. The van der Waals surface area contributed by atoms with Crippen molar-refractivity contribution in [1.29, 1.82) is 0 Å². The molecule has 5 nitrogen and oxygen atoms in total. The highest BCUT2D eigenvalue weighted by Gasteiger charge is 2.29. The van der Waals surface area contributed by atoms with Crippen LogP contribution in [0.4, 0.5) is 5.69 Å². The molecule has 0 amide bonds. The summed E-state index contributed by atoms with van der Waals surface area (Å²) in [6, 6.07) is 4.79. The van der Waals surface area contributed by atoms with E-state index in [0.717, 1.165) is 36.3 Å². The van der Waals surface area contributed by atoms with Crippen LogP contribution >= 0.6 is 0 Å². The van der Waals surface area contributed by atoms with Crippen molar-refractivity contribution >= 4 is 11.7 Å². The van der Waals surface area contributed by atoms with Gasteiger partial charge in [-0.3, -0.25) is 0 Å². The van der Waals surface area contributed by atoms with E-state index in [9.17, 15) is 15.0 Å². The van der Waals surface area contributed by atoms with Gasteiger partial charge in [-0.2, -0.15) is 0 Å². The van der Waals surface area contributed by atoms with Crippen molar-refractivity contribution in [2.45, 2.75) is 31.7 Å². The predicted octanol–water partition coefficient (Wildman–Crippen LogP) is 1.82. The van der Waals surface area contributed by atoms with Crippen molar-refractivity contribution in [1.82, 2.24) is 5.32 Å². The minimum atomic E-state index is -0.802. The SMILES string of the molecule is CN1C2=C(CCCC(C(=O)O)N2)Cc2cc(O)ccc21. The molecule has 0 radical (unpaired) electrons. The van der Waals surface area contributed by atoms with Crippen molar-refractivity contribution in [3.63, 3.8) is 0 Å². The van der Waals surface area contributed by atoms with Gasteiger partial charge in [0, 0.05) is 12.7 Å². The molecule has 1 aromatic rings. The number of anilines is 1. The van der Waals surface area contributed by atoms with Crippen molar-refractivity contribution in [3.05, 3.63) is 35.2 Å². The Morgan fingerprint density at radius 1 is 1.45 bits per heavy atom. The molecule has 106 valence electrons. The van der Waals surface area contributed by atoms with Crippen molar-refractivity contribution in [2.24, 2.45) is 0 Å². The Kier molecular flexibility index (Phi) is 3.04. The van der Waals surface area contributed by atoms with E-state index in [4.69, 9.17) is 0 Å². The Morgan fingerprint density at radius 3 is 3.00 bits per heavy atom. The highest BCUT2D eigenvalue weighted by molar-refractivity contribution is 5.74. The van der Waals surface area contributed by atoms with Crippen LogP contribution in [0, 0.1) is 0 Å². The molecule has 1 aromatic carbocycles. The Balaban J connectivity index is 1.98. The molecule has 0 aliphatic carbocycles. The summed E-state index contributed by atoms with van der Waals surface area (Å²) >= 11 is 0. The zero-order valence-electron chi connectivity index (χ0n) is 11.4. The largest absolute Gasteiger partial charge is 0.508 e. The highest BCUT2D eigenvalue weighted by atomic mass is 16.4. The maximum atomic E-state index is 11.2. The Hall–Kier alpha value is -2.17. The molecule has 0 aromatic heterocycles. The summed E-state index contributed by atoms with van der Waals surface area (Å²) in [6.45, 7) is 0. The fourth-order valence-electron chi connectivity index (χ4n) is 3.06. The molecule has 0 bridgehead atoms. The number of benzene rings is 1. The van der Waals surface area contributed by atoms with Gasteiger partial charge in [0.25, 0.3) is 0 Å². The van der Waals surface area contributed by atoms with Crippen LogP contribution in [-0.4, -0.2) is 29.3 Å². The molecule has 0 fully saturated rings. The number of aromatic hydroxyl groups is 1. The van der Waals surface area contributed by atoms with Crippen LogP contribution in [0.5, 0.6) is 5.75 Å². The van der Waals surface area contributed by atoms with Crippen LogP contribution in [0.25, 0.3) is 0 Å². The van der Waals surface area contributed by atoms with Crippen LogP contribution in [0.2, 0.25) is 0 Å². The molecular formula is C15H18N2O3. The number of carboxylic acids is 1. The summed E-state index contributed by atoms with van der Waals surface area (Å²) in [5, 5.41) is 22.0. The van der Waals surface area contributed by atoms with Crippen molar-refractivity contribution < 1.29 is 15.0 Å². The van der Waals surface area contributed by atoms with Crippen molar-refractivity contribution in [2.75, 3.05) is 11.9 Å². The zero-order valence-corrected chi connectivity index (χ0v) is 11.4. The lowest BCUT2D eigenvalue weighted by Gasteiger charge is -2.33. The number of nitrogens with zero attached hydrogens (tertiary/aromatic N) is 1. The van der Waals surface area contributed by atoms with Gasteiger partial charge in [-0.15, -0.1) is 0 Å². The maximum Gasteiger partial charge on any atom is 0.326 e. The van der Waals surface area contributed by atoms with Crippen molar-refractivity contribution in [3.8, 4) is 5.75 Å². The fraction of sp³-hybridized carbons (Fsp3) is 0.400. The third-order valence-electron chi connectivity index (χ3n) is 4.08. The highest BCUT2D eigenvalue weighted by Crippen LogP contribution is 2.36. The fourth-order valence-corrected chi connectivity index (χ4v) is 3.06. The number of carboxylic acid groups (broad SMARTS) is 1. The number of aliphatic carboxylic acids is 1. The summed E-state index contributed by atoms with van der Waals surface area (Å²) in [6.07, 6.45) is 3.16. The molecule has 1 atom stereocenters. The normalized spacial score (nSPS) is 21.6. The van der Waals surface area contributed by atoms with Gasteiger partial charge in [0.1, 0.15) is 17.6 Å².